The second kappa shape index (κ2) is 3.80. The van der Waals surface area contributed by atoms with Crippen molar-refractivity contribution >= 4 is 0 Å². The number of ether oxygens (including phenoxy) is 1. The lowest BCUT2D eigenvalue weighted by atomic mass is 9.96. The molecule has 3 heteroatoms. The van der Waals surface area contributed by atoms with Gasteiger partial charge in [0.05, 0.1) is 6.61 Å². The van der Waals surface area contributed by atoms with Gasteiger partial charge in [-0.15, -0.1) is 0 Å². The molecule has 2 rings (SSSR count). The molecule has 0 saturated carbocycles. The summed E-state index contributed by atoms with van der Waals surface area (Å²) in [6, 6.07) is 0. The third-order valence-electron chi connectivity index (χ3n) is 3.58. The van der Waals surface area contributed by atoms with Crippen LogP contribution in [0.15, 0.2) is 0 Å². The first kappa shape index (κ1) is 10.4. The largest absolute Gasteiger partial charge is 0.379 e. The first-order chi connectivity index (χ1) is 6.62. The fourth-order valence-electron chi connectivity index (χ4n) is 2.32. The Morgan fingerprint density at radius 3 is 2.79 bits per heavy atom. The molecule has 2 heterocycles. The molecular formula is C11H22N2O. The van der Waals surface area contributed by atoms with E-state index in [2.05, 4.69) is 24.5 Å². The lowest BCUT2D eigenvalue weighted by Crippen LogP contribution is -2.53. The molecule has 0 aromatic rings. The zero-order chi connectivity index (χ0) is 10.1. The molecule has 0 aromatic heterocycles. The minimum absolute atomic E-state index is 0.216. The van der Waals surface area contributed by atoms with Crippen molar-refractivity contribution in [3.63, 3.8) is 0 Å². The SMILES string of the molecule is CC1(CNC2(C)CCOC2)CCCN1. The summed E-state index contributed by atoms with van der Waals surface area (Å²) in [7, 11) is 0. The predicted octanol–water partition coefficient (Wildman–Crippen LogP) is 0.897. The fraction of sp³-hybridized carbons (Fsp3) is 1.00. The van der Waals surface area contributed by atoms with Gasteiger partial charge >= 0.3 is 0 Å². The van der Waals surface area contributed by atoms with Crippen LogP contribution in [0.4, 0.5) is 0 Å². The predicted molar refractivity (Wildman–Crippen MR) is 57.5 cm³/mol. The quantitative estimate of drug-likeness (QED) is 0.707. The van der Waals surface area contributed by atoms with Gasteiger partial charge in [0.1, 0.15) is 0 Å². The van der Waals surface area contributed by atoms with Crippen LogP contribution in [-0.4, -0.2) is 37.4 Å². The third-order valence-corrected chi connectivity index (χ3v) is 3.58. The van der Waals surface area contributed by atoms with Crippen molar-refractivity contribution in [3.05, 3.63) is 0 Å². The van der Waals surface area contributed by atoms with Gasteiger partial charge in [0.25, 0.3) is 0 Å². The first-order valence-corrected chi connectivity index (χ1v) is 5.70. The number of hydrogen-bond acceptors (Lipinski definition) is 3. The van der Waals surface area contributed by atoms with Gasteiger partial charge in [0.15, 0.2) is 0 Å². The molecule has 2 atom stereocenters. The molecule has 0 aromatic carbocycles. The maximum Gasteiger partial charge on any atom is 0.0646 e. The van der Waals surface area contributed by atoms with Gasteiger partial charge in [-0.1, -0.05) is 0 Å². The highest BCUT2D eigenvalue weighted by Gasteiger charge is 2.34. The second-order valence-corrected chi connectivity index (χ2v) is 5.31. The minimum Gasteiger partial charge on any atom is -0.379 e. The monoisotopic (exact) mass is 198 g/mol. The fourth-order valence-corrected chi connectivity index (χ4v) is 2.32. The summed E-state index contributed by atoms with van der Waals surface area (Å²) in [5.74, 6) is 0. The average Bonchev–Trinajstić information content (AvgIpc) is 2.74. The average molecular weight is 198 g/mol. The van der Waals surface area contributed by atoms with E-state index in [0.717, 1.165) is 26.2 Å². The van der Waals surface area contributed by atoms with Gasteiger partial charge in [-0.05, 0) is 39.7 Å². The van der Waals surface area contributed by atoms with Crippen LogP contribution in [0.1, 0.15) is 33.1 Å². The Kier molecular flexibility index (Phi) is 2.82. The molecule has 14 heavy (non-hydrogen) atoms. The molecule has 2 N–H and O–H groups in total. The van der Waals surface area contributed by atoms with E-state index in [1.807, 2.05) is 0 Å². The van der Waals surface area contributed by atoms with Crippen molar-refractivity contribution in [1.29, 1.82) is 0 Å². The lowest BCUT2D eigenvalue weighted by Gasteiger charge is -2.31. The molecule has 3 nitrogen and oxygen atoms in total. The normalized spacial score (nSPS) is 43.3. The molecule has 82 valence electrons. The summed E-state index contributed by atoms with van der Waals surface area (Å²) < 4.78 is 5.43. The van der Waals surface area contributed by atoms with Gasteiger partial charge in [-0.25, -0.2) is 0 Å². The van der Waals surface area contributed by atoms with Crippen LogP contribution in [0.25, 0.3) is 0 Å². The molecule has 0 amide bonds. The summed E-state index contributed by atoms with van der Waals surface area (Å²) in [5.41, 5.74) is 0.527. The first-order valence-electron chi connectivity index (χ1n) is 5.70. The highest BCUT2D eigenvalue weighted by Crippen LogP contribution is 2.21. The van der Waals surface area contributed by atoms with Crippen molar-refractivity contribution in [2.24, 2.45) is 0 Å². The zero-order valence-electron chi connectivity index (χ0n) is 9.36. The Balaban J connectivity index is 1.80. The summed E-state index contributed by atoms with van der Waals surface area (Å²) in [4.78, 5) is 0. The van der Waals surface area contributed by atoms with E-state index in [4.69, 9.17) is 4.74 Å². The van der Waals surface area contributed by atoms with Crippen molar-refractivity contribution in [1.82, 2.24) is 10.6 Å². The van der Waals surface area contributed by atoms with E-state index in [-0.39, 0.29) is 5.54 Å². The van der Waals surface area contributed by atoms with Crippen LogP contribution in [0.2, 0.25) is 0 Å². The Labute approximate surface area is 86.6 Å². The van der Waals surface area contributed by atoms with Crippen molar-refractivity contribution in [2.45, 2.75) is 44.2 Å². The van der Waals surface area contributed by atoms with Gasteiger partial charge in [0.2, 0.25) is 0 Å². The molecule has 0 bridgehead atoms. The Bertz CT molecular complexity index is 171. The van der Waals surface area contributed by atoms with Gasteiger partial charge in [-0.2, -0.15) is 0 Å². The van der Waals surface area contributed by atoms with Crippen LogP contribution in [0.3, 0.4) is 0 Å². The van der Waals surface area contributed by atoms with Crippen LogP contribution < -0.4 is 10.6 Å². The summed E-state index contributed by atoms with van der Waals surface area (Å²) in [6.45, 7) is 8.58. The van der Waals surface area contributed by atoms with Gasteiger partial charge in [-0.3, -0.25) is 0 Å². The maximum absolute atomic E-state index is 5.43. The molecule has 0 aliphatic carbocycles. The van der Waals surface area contributed by atoms with E-state index in [1.54, 1.807) is 0 Å². The highest BCUT2D eigenvalue weighted by molar-refractivity contribution is 4.95. The van der Waals surface area contributed by atoms with Crippen LogP contribution >= 0.6 is 0 Å². The molecular weight excluding hydrogens is 176 g/mol. The number of hydrogen-bond donors (Lipinski definition) is 2. The summed E-state index contributed by atoms with van der Waals surface area (Å²) in [5, 5.41) is 7.22. The lowest BCUT2D eigenvalue weighted by molar-refractivity contribution is 0.168. The standard InChI is InChI=1S/C11H22N2O/c1-10(4-3-6-12-10)8-13-11(2)5-7-14-9-11/h12-13H,3-9H2,1-2H3. The second-order valence-electron chi connectivity index (χ2n) is 5.31. The molecule has 2 aliphatic rings. The van der Waals surface area contributed by atoms with Gasteiger partial charge in [0, 0.05) is 24.2 Å². The van der Waals surface area contributed by atoms with E-state index in [1.165, 1.54) is 19.4 Å². The summed E-state index contributed by atoms with van der Waals surface area (Å²) >= 11 is 0. The Morgan fingerprint density at radius 2 is 2.21 bits per heavy atom. The molecule has 0 spiro atoms. The smallest absolute Gasteiger partial charge is 0.0646 e. The Hall–Kier alpha value is -0.120. The van der Waals surface area contributed by atoms with E-state index < -0.39 is 0 Å². The van der Waals surface area contributed by atoms with Crippen molar-refractivity contribution < 1.29 is 4.74 Å². The van der Waals surface area contributed by atoms with Crippen LogP contribution in [0, 0.1) is 0 Å². The topological polar surface area (TPSA) is 33.3 Å². The number of nitrogens with one attached hydrogen (secondary N) is 2. The van der Waals surface area contributed by atoms with Crippen molar-refractivity contribution in [3.8, 4) is 0 Å². The van der Waals surface area contributed by atoms with E-state index in [0.29, 0.717) is 5.54 Å². The highest BCUT2D eigenvalue weighted by atomic mass is 16.5. The maximum atomic E-state index is 5.43. The minimum atomic E-state index is 0.216. The van der Waals surface area contributed by atoms with E-state index >= 15 is 0 Å². The number of rotatable bonds is 3. The Morgan fingerprint density at radius 1 is 1.36 bits per heavy atom. The van der Waals surface area contributed by atoms with Crippen LogP contribution in [-0.2, 0) is 4.74 Å². The summed E-state index contributed by atoms with van der Waals surface area (Å²) in [6.07, 6.45) is 3.74. The van der Waals surface area contributed by atoms with E-state index in [9.17, 15) is 0 Å². The molecule has 0 radical (unpaired) electrons. The van der Waals surface area contributed by atoms with Crippen molar-refractivity contribution in [2.75, 3.05) is 26.3 Å². The molecule has 2 aliphatic heterocycles. The van der Waals surface area contributed by atoms with Crippen LogP contribution in [0.5, 0.6) is 0 Å². The third kappa shape index (κ3) is 2.27. The van der Waals surface area contributed by atoms with Gasteiger partial charge < -0.3 is 15.4 Å². The molecule has 2 saturated heterocycles. The molecule has 2 unspecified atom stereocenters. The molecule has 2 fully saturated rings. The zero-order valence-corrected chi connectivity index (χ0v) is 9.36.